The number of rotatable bonds is 12. The van der Waals surface area contributed by atoms with Crippen LogP contribution in [0.25, 0.3) is 10.9 Å². The van der Waals surface area contributed by atoms with Gasteiger partial charge in [-0.2, -0.15) is 9.82 Å². The molecule has 12 nitrogen and oxygen atoms in total. The topological polar surface area (TPSA) is 166 Å². The van der Waals surface area contributed by atoms with E-state index in [0.717, 1.165) is 25.0 Å². The van der Waals surface area contributed by atoms with E-state index in [1.54, 1.807) is 50.4 Å². The summed E-state index contributed by atoms with van der Waals surface area (Å²) >= 11 is 0. The van der Waals surface area contributed by atoms with Crippen LogP contribution in [0.4, 0.5) is 0 Å². The van der Waals surface area contributed by atoms with Gasteiger partial charge in [0.1, 0.15) is 12.3 Å². The van der Waals surface area contributed by atoms with Crippen LogP contribution >= 0.6 is 0 Å². The van der Waals surface area contributed by atoms with Crippen LogP contribution in [0.2, 0.25) is 0 Å². The van der Waals surface area contributed by atoms with Gasteiger partial charge in [0.2, 0.25) is 10.0 Å². The van der Waals surface area contributed by atoms with Gasteiger partial charge in [0.05, 0.1) is 22.2 Å². The standard InChI is InChI=1S/C26H33N7O5S/c1-17-7-3-8-18(2)23(17)39(37,38)32-21(25(35)36)16-30-24(34)19-9-4-10-22-20(19)15-31-33(22)14-6-13-29-26-27-11-5-12-28-26/h3-5,7-11,15,21,26-29,32H,6,12-14,16H2,1-2H3,(H,30,34)(H,35,36). The molecule has 1 aliphatic rings. The molecule has 13 heteroatoms. The van der Waals surface area contributed by atoms with E-state index < -0.39 is 34.5 Å². The Morgan fingerprint density at radius 1 is 1.18 bits per heavy atom. The molecule has 1 aromatic heterocycles. The van der Waals surface area contributed by atoms with Gasteiger partial charge in [0.15, 0.2) is 0 Å². The molecule has 1 aliphatic heterocycles. The van der Waals surface area contributed by atoms with E-state index in [-0.39, 0.29) is 11.2 Å². The largest absolute Gasteiger partial charge is 0.480 e. The number of nitrogens with one attached hydrogen (secondary N) is 5. The molecule has 208 valence electrons. The molecule has 39 heavy (non-hydrogen) atoms. The van der Waals surface area contributed by atoms with Gasteiger partial charge >= 0.3 is 5.97 Å². The number of carbonyl (C=O) groups is 2. The molecule has 0 spiro atoms. The lowest BCUT2D eigenvalue weighted by Crippen LogP contribution is -2.53. The van der Waals surface area contributed by atoms with Gasteiger partial charge in [-0.25, -0.2) is 8.42 Å². The zero-order valence-electron chi connectivity index (χ0n) is 21.8. The third-order valence-corrected chi connectivity index (χ3v) is 8.16. The molecular formula is C26H33N7O5S. The fourth-order valence-electron chi connectivity index (χ4n) is 4.49. The number of benzene rings is 2. The number of aliphatic carboxylic acids is 1. The van der Waals surface area contributed by atoms with Gasteiger partial charge in [0, 0.05) is 31.6 Å². The van der Waals surface area contributed by atoms with E-state index in [9.17, 15) is 23.1 Å². The van der Waals surface area contributed by atoms with E-state index in [0.29, 0.717) is 28.6 Å². The Hall–Kier alpha value is -3.78. The van der Waals surface area contributed by atoms with Crippen molar-refractivity contribution in [3.05, 3.63) is 71.6 Å². The summed E-state index contributed by atoms with van der Waals surface area (Å²) in [5, 5.41) is 27.1. The molecule has 1 amide bonds. The van der Waals surface area contributed by atoms with Gasteiger partial charge < -0.3 is 15.7 Å². The number of hydrogen-bond acceptors (Lipinski definition) is 8. The highest BCUT2D eigenvalue weighted by Crippen LogP contribution is 2.21. The number of carboxylic acids is 1. The Morgan fingerprint density at radius 2 is 1.92 bits per heavy atom. The second kappa shape index (κ2) is 12.4. The van der Waals surface area contributed by atoms with Gasteiger partial charge in [-0.05, 0) is 49.7 Å². The quantitative estimate of drug-likeness (QED) is 0.177. The van der Waals surface area contributed by atoms with E-state index >= 15 is 0 Å². The molecule has 2 aromatic carbocycles. The molecule has 4 rings (SSSR count). The van der Waals surface area contributed by atoms with E-state index in [1.807, 2.05) is 23.0 Å². The molecule has 0 saturated heterocycles. The normalized spacial score (nSPS) is 16.1. The molecule has 3 aromatic rings. The number of hydrogen-bond donors (Lipinski definition) is 6. The fraction of sp³-hybridized carbons (Fsp3) is 0.346. The number of aromatic nitrogens is 2. The number of carbonyl (C=O) groups excluding carboxylic acids is 1. The van der Waals surface area contributed by atoms with E-state index in [1.165, 1.54) is 0 Å². The lowest BCUT2D eigenvalue weighted by molar-refractivity contribution is -0.138. The van der Waals surface area contributed by atoms with Gasteiger partial charge in [0.25, 0.3) is 5.91 Å². The highest BCUT2D eigenvalue weighted by Gasteiger charge is 2.28. The molecule has 2 unspecified atom stereocenters. The van der Waals surface area contributed by atoms with E-state index in [4.69, 9.17) is 0 Å². The Balaban J connectivity index is 1.39. The number of sulfonamides is 1. The van der Waals surface area contributed by atoms with Crippen LogP contribution in [0.1, 0.15) is 27.9 Å². The van der Waals surface area contributed by atoms with Crippen LogP contribution in [-0.2, 0) is 21.4 Å². The molecule has 0 fully saturated rings. The van der Waals surface area contributed by atoms with Crippen LogP contribution < -0.4 is 26.0 Å². The zero-order valence-corrected chi connectivity index (χ0v) is 22.6. The first-order chi connectivity index (χ1) is 18.7. The van der Waals surface area contributed by atoms with Crippen molar-refractivity contribution in [1.82, 2.24) is 35.8 Å². The van der Waals surface area contributed by atoms with Crippen molar-refractivity contribution in [2.24, 2.45) is 0 Å². The minimum atomic E-state index is -4.14. The van der Waals surface area contributed by atoms with Crippen molar-refractivity contribution in [3.8, 4) is 0 Å². The molecular weight excluding hydrogens is 522 g/mol. The first-order valence-corrected chi connectivity index (χ1v) is 14.1. The minimum absolute atomic E-state index is 0.0134. The SMILES string of the molecule is Cc1cccc(C)c1S(=O)(=O)NC(CNC(=O)c1cccc2c1cnn2CCCNC1NC=CCN1)C(=O)O. The van der Waals surface area contributed by atoms with Gasteiger partial charge in [-0.15, -0.1) is 0 Å². The van der Waals surface area contributed by atoms with Crippen LogP contribution in [0.15, 0.2) is 59.8 Å². The summed E-state index contributed by atoms with van der Waals surface area (Å²) in [4.78, 5) is 24.9. The zero-order chi connectivity index (χ0) is 28.0. The number of amides is 1. The predicted molar refractivity (Wildman–Crippen MR) is 146 cm³/mol. The predicted octanol–water partition coefficient (Wildman–Crippen LogP) is 0.784. The summed E-state index contributed by atoms with van der Waals surface area (Å²) < 4.78 is 30.0. The smallest absolute Gasteiger partial charge is 0.323 e. The number of nitrogens with zero attached hydrogens (tertiary/aromatic N) is 2. The van der Waals surface area contributed by atoms with Crippen molar-refractivity contribution in [2.45, 2.75) is 44.0 Å². The Labute approximate surface area is 226 Å². The van der Waals surface area contributed by atoms with Crippen molar-refractivity contribution >= 4 is 32.8 Å². The Kier molecular flexibility index (Phi) is 8.97. The average molecular weight is 556 g/mol. The molecule has 0 radical (unpaired) electrons. The molecule has 6 N–H and O–H groups in total. The van der Waals surface area contributed by atoms with Crippen molar-refractivity contribution < 1.29 is 23.1 Å². The second-order valence-electron chi connectivity index (χ2n) is 9.27. The highest BCUT2D eigenvalue weighted by atomic mass is 32.2. The lowest BCUT2D eigenvalue weighted by Gasteiger charge is -2.22. The van der Waals surface area contributed by atoms with Crippen LogP contribution in [0.5, 0.6) is 0 Å². The Bertz CT molecular complexity index is 1460. The van der Waals surface area contributed by atoms with Crippen LogP contribution in [0, 0.1) is 13.8 Å². The summed E-state index contributed by atoms with van der Waals surface area (Å²) in [5.41, 5.74) is 2.08. The molecule has 0 saturated carbocycles. The number of aryl methyl sites for hydroxylation is 3. The lowest BCUT2D eigenvalue weighted by atomic mass is 10.1. The number of carboxylic acid groups (broad SMARTS) is 1. The Morgan fingerprint density at radius 3 is 2.62 bits per heavy atom. The van der Waals surface area contributed by atoms with Crippen LogP contribution in [0.3, 0.4) is 0 Å². The summed E-state index contributed by atoms with van der Waals surface area (Å²) in [5.74, 6) is -1.93. The van der Waals surface area contributed by atoms with Crippen molar-refractivity contribution in [2.75, 3.05) is 19.6 Å². The molecule has 0 aliphatic carbocycles. The molecule has 2 atom stereocenters. The third kappa shape index (κ3) is 6.81. The second-order valence-corrected chi connectivity index (χ2v) is 10.9. The first-order valence-electron chi connectivity index (χ1n) is 12.6. The van der Waals surface area contributed by atoms with Crippen molar-refractivity contribution in [3.63, 3.8) is 0 Å². The summed E-state index contributed by atoms with van der Waals surface area (Å²) in [6.45, 7) is 5.01. The first kappa shape index (κ1) is 28.2. The van der Waals surface area contributed by atoms with E-state index in [2.05, 4.69) is 31.1 Å². The maximum atomic E-state index is 13.0. The monoisotopic (exact) mass is 555 g/mol. The van der Waals surface area contributed by atoms with Crippen LogP contribution in [-0.4, -0.2) is 67.1 Å². The maximum absolute atomic E-state index is 13.0. The summed E-state index contributed by atoms with van der Waals surface area (Å²) in [6, 6.07) is 8.65. The number of fused-ring (bicyclic) bond motifs is 1. The maximum Gasteiger partial charge on any atom is 0.323 e. The van der Waals surface area contributed by atoms with Crippen molar-refractivity contribution in [1.29, 1.82) is 0 Å². The average Bonchev–Trinajstić information content (AvgIpc) is 3.32. The third-order valence-electron chi connectivity index (χ3n) is 6.39. The minimum Gasteiger partial charge on any atom is -0.480 e. The van der Waals surface area contributed by atoms with Gasteiger partial charge in [-0.3, -0.25) is 24.9 Å². The molecule has 2 heterocycles. The summed E-state index contributed by atoms with van der Waals surface area (Å²) in [6.07, 6.45) is 6.32. The highest BCUT2D eigenvalue weighted by molar-refractivity contribution is 7.89. The fourth-order valence-corrected chi connectivity index (χ4v) is 6.15. The molecule has 0 bridgehead atoms. The summed E-state index contributed by atoms with van der Waals surface area (Å²) in [7, 11) is -4.14. The van der Waals surface area contributed by atoms with Gasteiger partial charge in [-0.1, -0.05) is 30.3 Å².